The molecule has 1 nitrogen and oxygen atoms in total. The fourth-order valence-electron chi connectivity index (χ4n) is 1.78. The van der Waals surface area contributed by atoms with E-state index in [4.69, 9.17) is 0 Å². The highest BCUT2D eigenvalue weighted by molar-refractivity contribution is 5.60. The summed E-state index contributed by atoms with van der Waals surface area (Å²) in [5, 5.41) is 3.22. The van der Waals surface area contributed by atoms with Crippen molar-refractivity contribution in [1.29, 1.82) is 0 Å². The monoisotopic (exact) mass is 243 g/mol. The third kappa shape index (κ3) is 3.10. The molecule has 0 aliphatic carbocycles. The van der Waals surface area contributed by atoms with Gasteiger partial charge in [-0.1, -0.05) is 39.0 Å². The van der Waals surface area contributed by atoms with Crippen molar-refractivity contribution in [2.45, 2.75) is 26.2 Å². The molecule has 1 N–H and O–H groups in total. The van der Waals surface area contributed by atoms with Crippen LogP contribution in [-0.2, 0) is 5.41 Å². The lowest BCUT2D eigenvalue weighted by molar-refractivity contribution is 0.573. The normalized spacial score (nSPS) is 11.3. The quantitative estimate of drug-likeness (QED) is 0.793. The first-order valence-electron chi connectivity index (χ1n) is 6.08. The molecule has 0 atom stereocenters. The summed E-state index contributed by atoms with van der Waals surface area (Å²) in [6, 6.07) is 14.9. The SMILES string of the molecule is CC(C)(C)c1cc(F)cc(Nc2ccccc2)c1. The minimum Gasteiger partial charge on any atom is -0.355 e. The zero-order chi connectivity index (χ0) is 13.2. The molecule has 0 spiro atoms. The van der Waals surface area contributed by atoms with Crippen LogP contribution in [-0.4, -0.2) is 0 Å². The number of rotatable bonds is 2. The Hall–Kier alpha value is -1.83. The molecule has 0 radical (unpaired) electrons. The molecule has 0 bridgehead atoms. The Morgan fingerprint density at radius 2 is 1.56 bits per heavy atom. The summed E-state index contributed by atoms with van der Waals surface area (Å²) in [7, 11) is 0. The van der Waals surface area contributed by atoms with Crippen LogP contribution in [0.1, 0.15) is 26.3 Å². The second-order valence-electron chi connectivity index (χ2n) is 5.47. The van der Waals surface area contributed by atoms with E-state index in [2.05, 4.69) is 26.1 Å². The highest BCUT2D eigenvalue weighted by atomic mass is 19.1. The molecule has 0 saturated carbocycles. The van der Waals surface area contributed by atoms with Crippen molar-refractivity contribution < 1.29 is 4.39 Å². The number of nitrogens with one attached hydrogen (secondary N) is 1. The van der Waals surface area contributed by atoms with Crippen molar-refractivity contribution in [3.05, 3.63) is 59.9 Å². The molecule has 0 unspecified atom stereocenters. The number of benzene rings is 2. The van der Waals surface area contributed by atoms with Crippen molar-refractivity contribution in [2.75, 3.05) is 5.32 Å². The third-order valence-electron chi connectivity index (χ3n) is 2.83. The highest BCUT2D eigenvalue weighted by Crippen LogP contribution is 2.27. The first kappa shape index (κ1) is 12.6. The number of para-hydroxylation sites is 1. The Labute approximate surface area is 108 Å². The van der Waals surface area contributed by atoms with Gasteiger partial charge < -0.3 is 5.32 Å². The molecule has 0 aromatic heterocycles. The van der Waals surface area contributed by atoms with Crippen molar-refractivity contribution >= 4 is 11.4 Å². The maximum absolute atomic E-state index is 13.6. The predicted molar refractivity (Wildman–Crippen MR) is 74.8 cm³/mol. The highest BCUT2D eigenvalue weighted by Gasteiger charge is 2.15. The minimum absolute atomic E-state index is 0.0603. The van der Waals surface area contributed by atoms with Gasteiger partial charge in [0, 0.05) is 11.4 Å². The van der Waals surface area contributed by atoms with Gasteiger partial charge in [0.05, 0.1) is 0 Å². The van der Waals surface area contributed by atoms with Crippen LogP contribution in [0, 0.1) is 5.82 Å². The van der Waals surface area contributed by atoms with Gasteiger partial charge in [-0.25, -0.2) is 4.39 Å². The molecule has 0 aliphatic rings. The zero-order valence-electron chi connectivity index (χ0n) is 11.0. The summed E-state index contributed by atoms with van der Waals surface area (Å²) in [5.74, 6) is -0.208. The zero-order valence-corrected chi connectivity index (χ0v) is 11.0. The molecule has 2 aromatic carbocycles. The Morgan fingerprint density at radius 3 is 2.17 bits per heavy atom. The van der Waals surface area contributed by atoms with Crippen molar-refractivity contribution in [3.8, 4) is 0 Å². The van der Waals surface area contributed by atoms with E-state index in [-0.39, 0.29) is 11.2 Å². The largest absolute Gasteiger partial charge is 0.355 e. The number of halogens is 1. The molecule has 18 heavy (non-hydrogen) atoms. The summed E-state index contributed by atoms with van der Waals surface area (Å²) >= 11 is 0. The van der Waals surface area contributed by atoms with E-state index in [9.17, 15) is 4.39 Å². The van der Waals surface area contributed by atoms with E-state index in [0.717, 1.165) is 16.9 Å². The average Bonchev–Trinajstić information content (AvgIpc) is 2.28. The summed E-state index contributed by atoms with van der Waals surface area (Å²) in [6.45, 7) is 6.23. The smallest absolute Gasteiger partial charge is 0.125 e. The number of anilines is 2. The topological polar surface area (TPSA) is 12.0 Å². The fraction of sp³-hybridized carbons (Fsp3) is 0.250. The molecule has 2 aromatic rings. The van der Waals surface area contributed by atoms with Crippen LogP contribution in [0.25, 0.3) is 0 Å². The molecule has 94 valence electrons. The van der Waals surface area contributed by atoms with Gasteiger partial charge in [-0.15, -0.1) is 0 Å². The summed E-state index contributed by atoms with van der Waals surface area (Å²) in [4.78, 5) is 0. The molecule has 0 heterocycles. The predicted octanol–water partition coefficient (Wildman–Crippen LogP) is 4.87. The van der Waals surface area contributed by atoms with Crippen molar-refractivity contribution in [3.63, 3.8) is 0 Å². The molecule has 0 aliphatic heterocycles. The molecule has 2 heteroatoms. The van der Waals surface area contributed by atoms with Crippen LogP contribution < -0.4 is 5.32 Å². The molecule has 0 fully saturated rings. The van der Waals surface area contributed by atoms with Gasteiger partial charge in [0.2, 0.25) is 0 Å². The Bertz CT molecular complexity index is 527. The van der Waals surface area contributed by atoms with Crippen LogP contribution >= 0.6 is 0 Å². The Morgan fingerprint density at radius 1 is 0.889 bits per heavy atom. The lowest BCUT2D eigenvalue weighted by Gasteiger charge is -2.20. The van der Waals surface area contributed by atoms with Crippen LogP contribution in [0.5, 0.6) is 0 Å². The molecule has 0 saturated heterocycles. The van der Waals surface area contributed by atoms with E-state index in [1.807, 2.05) is 36.4 Å². The molecule has 2 rings (SSSR count). The number of hydrogen-bond donors (Lipinski definition) is 1. The number of hydrogen-bond acceptors (Lipinski definition) is 1. The van der Waals surface area contributed by atoms with Gasteiger partial charge in [0.15, 0.2) is 0 Å². The molecular weight excluding hydrogens is 225 g/mol. The third-order valence-corrected chi connectivity index (χ3v) is 2.83. The first-order valence-corrected chi connectivity index (χ1v) is 6.08. The summed E-state index contributed by atoms with van der Waals surface area (Å²) in [5.41, 5.74) is 2.67. The standard InChI is InChI=1S/C16H18FN/c1-16(2,3)12-9-13(17)11-15(10-12)18-14-7-5-4-6-8-14/h4-11,18H,1-3H3. The Balaban J connectivity index is 2.32. The van der Waals surface area contributed by atoms with Crippen LogP contribution in [0.15, 0.2) is 48.5 Å². The maximum atomic E-state index is 13.6. The van der Waals surface area contributed by atoms with Crippen molar-refractivity contribution in [1.82, 2.24) is 0 Å². The average molecular weight is 243 g/mol. The second-order valence-corrected chi connectivity index (χ2v) is 5.47. The lowest BCUT2D eigenvalue weighted by Crippen LogP contribution is -2.11. The van der Waals surface area contributed by atoms with E-state index < -0.39 is 0 Å². The van der Waals surface area contributed by atoms with E-state index in [1.165, 1.54) is 6.07 Å². The van der Waals surface area contributed by atoms with Gasteiger partial charge in [0.25, 0.3) is 0 Å². The second kappa shape index (κ2) is 4.81. The summed E-state index contributed by atoms with van der Waals surface area (Å²) in [6.07, 6.45) is 0. The fourth-order valence-corrected chi connectivity index (χ4v) is 1.78. The van der Waals surface area contributed by atoms with Gasteiger partial charge in [-0.05, 0) is 41.3 Å². The lowest BCUT2D eigenvalue weighted by atomic mass is 9.87. The molecule has 0 amide bonds. The first-order chi connectivity index (χ1) is 8.45. The van der Waals surface area contributed by atoms with Gasteiger partial charge in [-0.2, -0.15) is 0 Å². The van der Waals surface area contributed by atoms with E-state index in [1.54, 1.807) is 6.07 Å². The van der Waals surface area contributed by atoms with Gasteiger partial charge in [-0.3, -0.25) is 0 Å². The van der Waals surface area contributed by atoms with Crippen LogP contribution in [0.2, 0.25) is 0 Å². The Kier molecular flexibility index (Phi) is 3.37. The maximum Gasteiger partial charge on any atom is 0.125 e. The minimum atomic E-state index is -0.208. The molecular formula is C16H18FN. The van der Waals surface area contributed by atoms with Gasteiger partial charge >= 0.3 is 0 Å². The summed E-state index contributed by atoms with van der Waals surface area (Å²) < 4.78 is 13.6. The van der Waals surface area contributed by atoms with Crippen molar-refractivity contribution in [2.24, 2.45) is 0 Å². The van der Waals surface area contributed by atoms with E-state index in [0.29, 0.717) is 0 Å². The van der Waals surface area contributed by atoms with Crippen LogP contribution in [0.3, 0.4) is 0 Å². The van der Waals surface area contributed by atoms with Crippen LogP contribution in [0.4, 0.5) is 15.8 Å². The van der Waals surface area contributed by atoms with Gasteiger partial charge in [0.1, 0.15) is 5.82 Å². The van der Waals surface area contributed by atoms with E-state index >= 15 is 0 Å².